The van der Waals surface area contributed by atoms with Crippen molar-refractivity contribution >= 4 is 45.2 Å². The molecule has 0 aliphatic carbocycles. The van der Waals surface area contributed by atoms with Gasteiger partial charge in [-0.3, -0.25) is 4.98 Å². The van der Waals surface area contributed by atoms with E-state index in [4.69, 9.17) is 4.98 Å². The fourth-order valence-corrected chi connectivity index (χ4v) is 3.53. The predicted octanol–water partition coefficient (Wildman–Crippen LogP) is 6.69. The van der Waals surface area contributed by atoms with Gasteiger partial charge >= 0.3 is 0 Å². The third-order valence-corrected chi connectivity index (χ3v) is 5.53. The lowest BCUT2D eigenvalue weighted by molar-refractivity contribution is 1.25. The summed E-state index contributed by atoms with van der Waals surface area (Å²) in [4.78, 5) is 9.42. The van der Waals surface area contributed by atoms with Crippen molar-refractivity contribution in [3.8, 4) is 33.8 Å². The first-order valence-corrected chi connectivity index (χ1v) is 10.3. The summed E-state index contributed by atoms with van der Waals surface area (Å²) in [6, 6.07) is 27.1. The number of nitrogens with zero attached hydrogens (tertiary/aromatic N) is 2. The standard InChI is InChI=1S/C22H14I2N2/c23-17-8-4-15(5-9-17)19-12-13-21(20-3-1-2-14-25-20)26-22(19)16-6-10-18(24)11-7-16/h1-14H. The zero-order valence-electron chi connectivity index (χ0n) is 13.7. The molecule has 0 fully saturated rings. The summed E-state index contributed by atoms with van der Waals surface area (Å²) in [6.07, 6.45) is 1.80. The topological polar surface area (TPSA) is 25.8 Å². The van der Waals surface area contributed by atoms with E-state index < -0.39 is 0 Å². The summed E-state index contributed by atoms with van der Waals surface area (Å²) in [5, 5.41) is 0. The normalized spacial score (nSPS) is 10.7. The summed E-state index contributed by atoms with van der Waals surface area (Å²) >= 11 is 4.65. The van der Waals surface area contributed by atoms with Gasteiger partial charge in [0.15, 0.2) is 0 Å². The Hall–Kier alpha value is -1.80. The third-order valence-electron chi connectivity index (χ3n) is 4.10. The average molecular weight is 560 g/mol. The van der Waals surface area contributed by atoms with Gasteiger partial charge in [-0.15, -0.1) is 0 Å². The van der Waals surface area contributed by atoms with Crippen molar-refractivity contribution in [2.75, 3.05) is 0 Å². The molecule has 0 amide bonds. The molecule has 0 spiro atoms. The predicted molar refractivity (Wildman–Crippen MR) is 124 cm³/mol. The molecule has 2 nitrogen and oxygen atoms in total. The lowest BCUT2D eigenvalue weighted by Crippen LogP contribution is -1.94. The van der Waals surface area contributed by atoms with E-state index in [1.807, 2.05) is 24.3 Å². The van der Waals surface area contributed by atoms with Crippen LogP contribution in [0.15, 0.2) is 85.1 Å². The van der Waals surface area contributed by atoms with Crippen LogP contribution >= 0.6 is 45.2 Å². The molecule has 0 aliphatic rings. The summed E-state index contributed by atoms with van der Waals surface area (Å²) in [6.45, 7) is 0. The van der Waals surface area contributed by atoms with Gasteiger partial charge in [0.05, 0.1) is 17.1 Å². The highest BCUT2D eigenvalue weighted by molar-refractivity contribution is 14.1. The quantitative estimate of drug-likeness (QED) is 0.261. The molecule has 2 aromatic heterocycles. The van der Waals surface area contributed by atoms with Crippen molar-refractivity contribution in [1.29, 1.82) is 0 Å². The average Bonchev–Trinajstić information content (AvgIpc) is 2.70. The molecule has 0 atom stereocenters. The van der Waals surface area contributed by atoms with Crippen LogP contribution in [0.5, 0.6) is 0 Å². The van der Waals surface area contributed by atoms with Gasteiger partial charge in [0, 0.05) is 24.5 Å². The second kappa shape index (κ2) is 7.84. The molecule has 0 bridgehead atoms. The zero-order valence-corrected chi connectivity index (χ0v) is 18.0. The van der Waals surface area contributed by atoms with E-state index in [1.54, 1.807) is 6.20 Å². The van der Waals surface area contributed by atoms with Crippen LogP contribution in [0.2, 0.25) is 0 Å². The molecule has 0 saturated heterocycles. The summed E-state index contributed by atoms with van der Waals surface area (Å²) in [5.74, 6) is 0. The van der Waals surface area contributed by atoms with Crippen LogP contribution in [0.25, 0.3) is 33.8 Å². The van der Waals surface area contributed by atoms with Crippen molar-refractivity contribution in [2.45, 2.75) is 0 Å². The molecular weight excluding hydrogens is 546 g/mol. The summed E-state index contributed by atoms with van der Waals surface area (Å²) in [5.41, 5.74) is 6.14. The highest BCUT2D eigenvalue weighted by atomic mass is 127. The third kappa shape index (κ3) is 3.81. The highest BCUT2D eigenvalue weighted by Gasteiger charge is 2.12. The Bertz CT molecular complexity index is 1030. The Balaban J connectivity index is 1.90. The Morgan fingerprint density at radius 1 is 0.577 bits per heavy atom. The fourth-order valence-electron chi connectivity index (χ4n) is 2.81. The van der Waals surface area contributed by atoms with Gasteiger partial charge in [-0.25, -0.2) is 4.98 Å². The molecule has 0 N–H and O–H groups in total. The molecule has 0 unspecified atom stereocenters. The zero-order chi connectivity index (χ0) is 17.9. The Labute approximate surface area is 180 Å². The van der Waals surface area contributed by atoms with E-state index in [9.17, 15) is 0 Å². The number of halogens is 2. The van der Waals surface area contributed by atoms with Crippen molar-refractivity contribution in [1.82, 2.24) is 9.97 Å². The first-order chi connectivity index (χ1) is 12.7. The molecule has 126 valence electrons. The lowest BCUT2D eigenvalue weighted by atomic mass is 9.98. The number of aromatic nitrogens is 2. The smallest absolute Gasteiger partial charge is 0.0894 e. The maximum Gasteiger partial charge on any atom is 0.0894 e. The van der Waals surface area contributed by atoms with Crippen molar-refractivity contribution in [3.63, 3.8) is 0 Å². The molecular formula is C22H14I2N2. The first kappa shape index (κ1) is 17.6. The molecule has 4 rings (SSSR count). The molecule has 0 aliphatic heterocycles. The second-order valence-corrected chi connectivity index (χ2v) is 8.31. The Morgan fingerprint density at radius 3 is 1.85 bits per heavy atom. The Morgan fingerprint density at radius 2 is 1.23 bits per heavy atom. The van der Waals surface area contributed by atoms with Crippen LogP contribution in [0.3, 0.4) is 0 Å². The van der Waals surface area contributed by atoms with E-state index in [0.29, 0.717) is 0 Å². The number of pyridine rings is 2. The van der Waals surface area contributed by atoms with Gasteiger partial charge in [0.25, 0.3) is 0 Å². The van der Waals surface area contributed by atoms with Crippen LogP contribution in [0.4, 0.5) is 0 Å². The van der Waals surface area contributed by atoms with Crippen LogP contribution < -0.4 is 0 Å². The molecule has 4 heteroatoms. The van der Waals surface area contributed by atoms with E-state index in [0.717, 1.165) is 28.2 Å². The fraction of sp³-hybridized carbons (Fsp3) is 0. The van der Waals surface area contributed by atoms with Crippen LogP contribution in [0.1, 0.15) is 0 Å². The van der Waals surface area contributed by atoms with Crippen LogP contribution in [-0.4, -0.2) is 9.97 Å². The minimum absolute atomic E-state index is 0.883. The van der Waals surface area contributed by atoms with Crippen molar-refractivity contribution in [3.05, 3.63) is 92.2 Å². The second-order valence-electron chi connectivity index (χ2n) is 5.82. The lowest BCUT2D eigenvalue weighted by Gasteiger charge is -2.12. The number of benzene rings is 2. The summed E-state index contributed by atoms with van der Waals surface area (Å²) < 4.78 is 2.43. The minimum atomic E-state index is 0.883. The molecule has 26 heavy (non-hydrogen) atoms. The summed E-state index contributed by atoms with van der Waals surface area (Å²) in [7, 11) is 0. The van der Waals surface area contributed by atoms with Crippen molar-refractivity contribution < 1.29 is 0 Å². The SMILES string of the molecule is Ic1ccc(-c2ccc(-c3ccccn3)nc2-c2ccc(I)cc2)cc1. The van der Waals surface area contributed by atoms with Gasteiger partial charge < -0.3 is 0 Å². The largest absolute Gasteiger partial charge is 0.255 e. The van der Waals surface area contributed by atoms with Gasteiger partial charge in [-0.2, -0.15) is 0 Å². The molecule has 0 radical (unpaired) electrons. The van der Waals surface area contributed by atoms with Crippen molar-refractivity contribution in [2.24, 2.45) is 0 Å². The minimum Gasteiger partial charge on any atom is -0.255 e. The molecule has 2 aromatic carbocycles. The highest BCUT2D eigenvalue weighted by Crippen LogP contribution is 2.33. The first-order valence-electron chi connectivity index (χ1n) is 8.15. The van der Waals surface area contributed by atoms with Gasteiger partial charge in [-0.05, 0) is 99.3 Å². The van der Waals surface area contributed by atoms with E-state index in [-0.39, 0.29) is 0 Å². The number of rotatable bonds is 3. The number of hydrogen-bond acceptors (Lipinski definition) is 2. The maximum atomic E-state index is 4.97. The van der Waals surface area contributed by atoms with E-state index in [1.165, 1.54) is 12.7 Å². The van der Waals surface area contributed by atoms with Gasteiger partial charge in [0.1, 0.15) is 0 Å². The molecule has 4 aromatic rings. The van der Waals surface area contributed by atoms with Gasteiger partial charge in [-0.1, -0.05) is 30.3 Å². The number of hydrogen-bond donors (Lipinski definition) is 0. The van der Waals surface area contributed by atoms with E-state index >= 15 is 0 Å². The Kier molecular flexibility index (Phi) is 5.31. The van der Waals surface area contributed by atoms with Crippen LogP contribution in [-0.2, 0) is 0 Å². The molecule has 2 heterocycles. The maximum absolute atomic E-state index is 4.97. The van der Waals surface area contributed by atoms with Gasteiger partial charge in [0.2, 0.25) is 0 Å². The monoisotopic (exact) mass is 560 g/mol. The van der Waals surface area contributed by atoms with Crippen LogP contribution in [0, 0.1) is 7.14 Å². The van der Waals surface area contributed by atoms with E-state index in [2.05, 4.69) is 105 Å². The molecule has 0 saturated carbocycles.